The molecule has 3 rings (SSSR count). The molecule has 0 aliphatic carbocycles. The summed E-state index contributed by atoms with van der Waals surface area (Å²) in [6.45, 7) is 2.10. The predicted molar refractivity (Wildman–Crippen MR) is 75.2 cm³/mol. The van der Waals surface area contributed by atoms with Gasteiger partial charge >= 0.3 is 11.9 Å². The van der Waals surface area contributed by atoms with Gasteiger partial charge in [-0.15, -0.1) is 0 Å². The number of aromatic amines is 1. The van der Waals surface area contributed by atoms with Crippen LogP contribution in [0.15, 0.2) is 29.5 Å². The molecule has 0 radical (unpaired) electrons. The average molecular weight is 288 g/mol. The Morgan fingerprint density at radius 1 is 1.43 bits per heavy atom. The summed E-state index contributed by atoms with van der Waals surface area (Å²) in [7, 11) is 1.69. The molecule has 7 heteroatoms. The van der Waals surface area contributed by atoms with Gasteiger partial charge in [0, 0.05) is 5.56 Å². The second-order valence-corrected chi connectivity index (χ2v) is 5.30. The van der Waals surface area contributed by atoms with Gasteiger partial charge in [-0.3, -0.25) is 0 Å². The molecule has 0 spiro atoms. The number of carbonyl (C=O) groups is 1. The molecule has 0 saturated carbocycles. The molecule has 0 saturated heterocycles. The molecule has 108 valence electrons. The van der Waals surface area contributed by atoms with Gasteiger partial charge in [-0.2, -0.15) is 9.48 Å². The second-order valence-electron chi connectivity index (χ2n) is 5.30. The van der Waals surface area contributed by atoms with Crippen LogP contribution in [0.2, 0.25) is 0 Å². The van der Waals surface area contributed by atoms with E-state index in [1.807, 2.05) is 0 Å². The molecule has 1 amide bonds. The molecule has 1 unspecified atom stereocenters. The highest BCUT2D eigenvalue weighted by molar-refractivity contribution is 6.01. The minimum absolute atomic E-state index is 0.170. The summed E-state index contributed by atoms with van der Waals surface area (Å²) in [5.74, 6) is -0.0349. The Labute approximate surface area is 120 Å². The van der Waals surface area contributed by atoms with Gasteiger partial charge in [-0.05, 0) is 24.6 Å². The molecule has 1 aliphatic heterocycles. The number of hydrogen-bond acceptors (Lipinski definition) is 4. The van der Waals surface area contributed by atoms with Crippen LogP contribution in [0, 0.1) is 12.7 Å². The molecule has 6 nitrogen and oxygen atoms in total. The van der Waals surface area contributed by atoms with E-state index in [9.17, 15) is 9.18 Å². The van der Waals surface area contributed by atoms with Gasteiger partial charge < -0.3 is 10.7 Å². The van der Waals surface area contributed by atoms with Gasteiger partial charge in [-0.25, -0.2) is 14.2 Å². The van der Waals surface area contributed by atoms with E-state index in [4.69, 9.17) is 5.73 Å². The van der Waals surface area contributed by atoms with Crippen LogP contribution in [-0.2, 0) is 6.54 Å². The number of aryl methyl sites for hydroxylation is 1. The minimum Gasteiger partial charge on any atom is -0.337 e. The second kappa shape index (κ2) is 4.49. The summed E-state index contributed by atoms with van der Waals surface area (Å²) in [6.07, 6.45) is 1.41. The molecule has 1 atom stereocenters. The van der Waals surface area contributed by atoms with E-state index in [2.05, 4.69) is 15.0 Å². The zero-order valence-corrected chi connectivity index (χ0v) is 11.7. The molecule has 1 aromatic heterocycles. The third kappa shape index (κ3) is 2.02. The first-order valence-corrected chi connectivity index (χ1v) is 6.45. The first-order valence-electron chi connectivity index (χ1n) is 6.45. The molecule has 2 aromatic rings. The number of aliphatic imine (C=N–C) groups is 1. The quantitative estimate of drug-likeness (QED) is 0.823. The Morgan fingerprint density at radius 3 is 2.90 bits per heavy atom. The Kier molecular flexibility index (Phi) is 2.87. The number of rotatable bonds is 2. The molecular weight excluding hydrogens is 273 g/mol. The first kappa shape index (κ1) is 13.4. The third-order valence-corrected chi connectivity index (χ3v) is 3.80. The number of H-pyrrole nitrogens is 1. The fourth-order valence-electron chi connectivity index (χ4n) is 2.43. The van der Waals surface area contributed by atoms with E-state index in [-0.39, 0.29) is 22.2 Å². The highest BCUT2D eigenvalue weighted by atomic mass is 19.1. The summed E-state index contributed by atoms with van der Waals surface area (Å²) in [5.41, 5.74) is 7.93. The number of fused-ring (bicyclic) bond motifs is 1. The molecule has 0 bridgehead atoms. The van der Waals surface area contributed by atoms with Crippen LogP contribution in [0.25, 0.3) is 0 Å². The zero-order valence-electron chi connectivity index (χ0n) is 11.7. The Bertz CT molecular complexity index is 766. The summed E-state index contributed by atoms with van der Waals surface area (Å²) in [6, 6.07) is 4.47. The zero-order chi connectivity index (χ0) is 15.2. The van der Waals surface area contributed by atoms with Crippen LogP contribution >= 0.6 is 0 Å². The van der Waals surface area contributed by atoms with Gasteiger partial charge in [0.15, 0.2) is 11.5 Å². The number of benzene rings is 1. The minimum atomic E-state index is -0.304. The van der Waals surface area contributed by atoms with Crippen molar-refractivity contribution in [1.29, 1.82) is 0 Å². The van der Waals surface area contributed by atoms with E-state index in [1.54, 1.807) is 20.0 Å². The van der Waals surface area contributed by atoms with Crippen molar-refractivity contribution in [3.63, 3.8) is 0 Å². The van der Waals surface area contributed by atoms with E-state index in [0.717, 1.165) is 11.1 Å². The number of nitrogens with two attached hydrogens (primary N) is 1. The number of aromatic nitrogens is 2. The smallest absolute Gasteiger partial charge is 0.337 e. The topological polar surface area (TPSA) is 84.1 Å². The lowest BCUT2D eigenvalue weighted by atomic mass is 10.1. The van der Waals surface area contributed by atoms with Crippen molar-refractivity contribution in [1.82, 2.24) is 9.97 Å². The van der Waals surface area contributed by atoms with Gasteiger partial charge in [0.1, 0.15) is 12.4 Å². The number of quaternary nitrogens is 1. The third-order valence-electron chi connectivity index (χ3n) is 3.80. The molecule has 0 fully saturated rings. The van der Waals surface area contributed by atoms with Gasteiger partial charge in [0.25, 0.3) is 0 Å². The monoisotopic (exact) mass is 288 g/mol. The number of hydrogen-bond donors (Lipinski definition) is 2. The van der Waals surface area contributed by atoms with Crippen LogP contribution in [0.5, 0.6) is 0 Å². The Balaban J connectivity index is 2.03. The number of halogens is 1. The lowest BCUT2D eigenvalue weighted by Gasteiger charge is -2.31. The van der Waals surface area contributed by atoms with Crippen molar-refractivity contribution in [2.45, 2.75) is 13.5 Å². The molecule has 3 N–H and O–H groups in total. The van der Waals surface area contributed by atoms with Crippen LogP contribution in [0.3, 0.4) is 0 Å². The summed E-state index contributed by atoms with van der Waals surface area (Å²) < 4.78 is 13.0. The maximum atomic E-state index is 13.2. The van der Waals surface area contributed by atoms with Crippen molar-refractivity contribution in [3.05, 3.63) is 47.2 Å². The molecule has 21 heavy (non-hydrogen) atoms. The first-order chi connectivity index (χ1) is 9.91. The Hall–Kier alpha value is -2.54. The highest BCUT2D eigenvalue weighted by Gasteiger charge is 2.44. The van der Waals surface area contributed by atoms with Crippen LogP contribution < -0.4 is 5.73 Å². The van der Waals surface area contributed by atoms with Gasteiger partial charge in [-0.1, -0.05) is 6.07 Å². The SMILES string of the molecule is Cc1cc(F)ccc1C[N+]1(C)C(=O)c2[nH]cnc2N=C1N. The van der Waals surface area contributed by atoms with E-state index in [0.29, 0.717) is 18.1 Å². The lowest BCUT2D eigenvalue weighted by Crippen LogP contribution is -2.58. The predicted octanol–water partition coefficient (Wildman–Crippen LogP) is 1.60. The number of carbonyl (C=O) groups excluding carboxylic acids is 1. The van der Waals surface area contributed by atoms with Crippen LogP contribution in [0.4, 0.5) is 10.2 Å². The molecule has 1 aliphatic rings. The summed E-state index contributed by atoms with van der Waals surface area (Å²) in [4.78, 5) is 23.6. The fourth-order valence-corrected chi connectivity index (χ4v) is 2.43. The van der Waals surface area contributed by atoms with E-state index >= 15 is 0 Å². The van der Waals surface area contributed by atoms with Crippen LogP contribution in [-0.4, -0.2) is 33.4 Å². The number of guanidine groups is 1. The Morgan fingerprint density at radius 2 is 2.19 bits per heavy atom. The molecule has 1 aromatic carbocycles. The van der Waals surface area contributed by atoms with E-state index < -0.39 is 0 Å². The largest absolute Gasteiger partial charge is 0.373 e. The van der Waals surface area contributed by atoms with Crippen molar-refractivity contribution in [3.8, 4) is 0 Å². The van der Waals surface area contributed by atoms with E-state index in [1.165, 1.54) is 18.5 Å². The summed E-state index contributed by atoms with van der Waals surface area (Å²) >= 11 is 0. The van der Waals surface area contributed by atoms with Crippen molar-refractivity contribution < 1.29 is 13.7 Å². The van der Waals surface area contributed by atoms with Crippen molar-refractivity contribution in [2.75, 3.05) is 7.05 Å². The number of nitrogens with one attached hydrogen (secondary N) is 1. The summed E-state index contributed by atoms with van der Waals surface area (Å²) in [5, 5.41) is 0. The fraction of sp³-hybridized carbons (Fsp3) is 0.214. The van der Waals surface area contributed by atoms with Crippen LogP contribution in [0.1, 0.15) is 21.6 Å². The lowest BCUT2D eigenvalue weighted by molar-refractivity contribution is -0.751. The van der Waals surface area contributed by atoms with Gasteiger partial charge in [0.2, 0.25) is 0 Å². The average Bonchev–Trinajstić information content (AvgIpc) is 2.88. The number of imidazole rings is 1. The van der Waals surface area contributed by atoms with Crippen molar-refractivity contribution in [2.24, 2.45) is 10.7 Å². The number of nitrogens with zero attached hydrogens (tertiary/aromatic N) is 3. The molecule has 2 heterocycles. The highest BCUT2D eigenvalue weighted by Crippen LogP contribution is 2.28. The van der Waals surface area contributed by atoms with Crippen molar-refractivity contribution >= 4 is 17.7 Å². The van der Waals surface area contributed by atoms with Gasteiger partial charge in [0.05, 0.1) is 13.4 Å². The standard InChI is InChI=1S/C14H14FN5O/c1-8-5-10(15)4-3-9(8)6-20(2)13(21)11-12(18-7-17-11)19-14(20)16/h3-5,7H,6H2,1-2H3,(H2-,16,17,18,19,21)/p+1. The number of amides is 1. The maximum Gasteiger partial charge on any atom is 0.373 e. The molecular formula is C14H15FN5O+. The maximum absolute atomic E-state index is 13.2. The normalized spacial score (nSPS) is 21.1.